The van der Waals surface area contributed by atoms with Crippen molar-refractivity contribution in [2.45, 2.75) is 13.8 Å². The van der Waals surface area contributed by atoms with Crippen molar-refractivity contribution in [1.82, 2.24) is 15.0 Å². The van der Waals surface area contributed by atoms with Crippen LogP contribution in [0.3, 0.4) is 0 Å². The highest BCUT2D eigenvalue weighted by Crippen LogP contribution is 2.17. The molecule has 2 aromatic carbocycles. The predicted molar refractivity (Wildman–Crippen MR) is 92.9 cm³/mol. The van der Waals surface area contributed by atoms with Crippen molar-refractivity contribution in [1.29, 1.82) is 0 Å². The smallest absolute Gasteiger partial charge is 0.278 e. The maximum Gasteiger partial charge on any atom is 0.278 e. The average molecular weight is 371 g/mol. The van der Waals surface area contributed by atoms with Gasteiger partial charge in [-0.3, -0.25) is 4.79 Å². The monoisotopic (exact) mass is 370 g/mol. The molecule has 23 heavy (non-hydrogen) atoms. The van der Waals surface area contributed by atoms with E-state index in [0.29, 0.717) is 11.4 Å². The summed E-state index contributed by atoms with van der Waals surface area (Å²) in [5.41, 5.74) is 3.73. The first kappa shape index (κ1) is 15.4. The van der Waals surface area contributed by atoms with Crippen molar-refractivity contribution in [2.75, 3.05) is 5.32 Å². The van der Waals surface area contributed by atoms with Gasteiger partial charge in [0.15, 0.2) is 5.69 Å². The zero-order chi connectivity index (χ0) is 16.4. The molecule has 116 valence electrons. The number of aromatic nitrogens is 3. The number of carbonyl (C=O) groups is 1. The fourth-order valence-electron chi connectivity index (χ4n) is 2.19. The highest BCUT2D eigenvalue weighted by atomic mass is 79.9. The second kappa shape index (κ2) is 6.34. The van der Waals surface area contributed by atoms with E-state index in [1.165, 1.54) is 0 Å². The number of anilines is 1. The molecule has 0 saturated heterocycles. The van der Waals surface area contributed by atoms with Crippen LogP contribution in [-0.2, 0) is 0 Å². The third kappa shape index (κ3) is 3.32. The normalized spacial score (nSPS) is 10.6. The zero-order valence-corrected chi connectivity index (χ0v) is 14.3. The molecule has 5 nitrogen and oxygen atoms in total. The van der Waals surface area contributed by atoms with E-state index in [1.807, 2.05) is 62.4 Å². The number of nitrogens with one attached hydrogen (secondary N) is 1. The Kier molecular flexibility index (Phi) is 4.25. The number of rotatable bonds is 3. The lowest BCUT2D eigenvalue weighted by Crippen LogP contribution is -2.14. The van der Waals surface area contributed by atoms with Crippen LogP contribution in [0, 0.1) is 13.8 Å². The standard InChI is InChI=1S/C17H15BrN4O/c1-11-3-7-14(8-4-11)19-17(23)16-12(2)22(21-20-16)15-9-5-13(18)6-10-15/h3-10H,1-2H3,(H,19,23). The number of aryl methyl sites for hydroxylation is 1. The third-order valence-electron chi connectivity index (χ3n) is 3.49. The summed E-state index contributed by atoms with van der Waals surface area (Å²) in [4.78, 5) is 12.4. The average Bonchev–Trinajstić information content (AvgIpc) is 2.92. The quantitative estimate of drug-likeness (QED) is 0.760. The molecule has 1 amide bonds. The van der Waals surface area contributed by atoms with E-state index in [0.717, 1.165) is 21.4 Å². The summed E-state index contributed by atoms with van der Waals surface area (Å²) in [6.45, 7) is 3.83. The molecule has 0 aliphatic carbocycles. The van der Waals surface area contributed by atoms with Crippen LogP contribution in [-0.4, -0.2) is 20.9 Å². The molecule has 0 bridgehead atoms. The van der Waals surface area contributed by atoms with E-state index >= 15 is 0 Å². The molecule has 1 aromatic heterocycles. The molecule has 1 heterocycles. The van der Waals surface area contributed by atoms with Crippen molar-refractivity contribution in [2.24, 2.45) is 0 Å². The van der Waals surface area contributed by atoms with Gasteiger partial charge in [-0.2, -0.15) is 0 Å². The molecule has 3 rings (SSSR count). The van der Waals surface area contributed by atoms with Gasteiger partial charge in [0.1, 0.15) is 0 Å². The SMILES string of the molecule is Cc1ccc(NC(=O)c2nnn(-c3ccc(Br)cc3)c2C)cc1. The molecule has 0 unspecified atom stereocenters. The number of halogens is 1. The highest BCUT2D eigenvalue weighted by Gasteiger charge is 2.17. The van der Waals surface area contributed by atoms with Gasteiger partial charge < -0.3 is 5.32 Å². The van der Waals surface area contributed by atoms with Gasteiger partial charge in [-0.15, -0.1) is 5.10 Å². The lowest BCUT2D eigenvalue weighted by Gasteiger charge is -2.05. The van der Waals surface area contributed by atoms with Gasteiger partial charge in [0.05, 0.1) is 11.4 Å². The fourth-order valence-corrected chi connectivity index (χ4v) is 2.46. The molecule has 3 aromatic rings. The second-order valence-electron chi connectivity index (χ2n) is 5.23. The lowest BCUT2D eigenvalue weighted by molar-refractivity contribution is 0.102. The zero-order valence-electron chi connectivity index (χ0n) is 12.7. The van der Waals surface area contributed by atoms with Crippen molar-refractivity contribution in [3.8, 4) is 5.69 Å². The minimum absolute atomic E-state index is 0.269. The maximum atomic E-state index is 12.4. The summed E-state index contributed by atoms with van der Waals surface area (Å²) in [5.74, 6) is -0.269. The fraction of sp³-hybridized carbons (Fsp3) is 0.118. The summed E-state index contributed by atoms with van der Waals surface area (Å²) in [6, 6.07) is 15.3. The van der Waals surface area contributed by atoms with Gasteiger partial charge in [-0.1, -0.05) is 38.8 Å². The molecule has 6 heteroatoms. The summed E-state index contributed by atoms with van der Waals surface area (Å²) >= 11 is 3.40. The Balaban J connectivity index is 1.85. The lowest BCUT2D eigenvalue weighted by atomic mass is 10.2. The van der Waals surface area contributed by atoms with Crippen LogP contribution in [0.5, 0.6) is 0 Å². The molecule has 0 atom stereocenters. The van der Waals surface area contributed by atoms with Crippen molar-refractivity contribution < 1.29 is 4.79 Å². The summed E-state index contributed by atoms with van der Waals surface area (Å²) < 4.78 is 2.63. The Morgan fingerprint density at radius 2 is 1.70 bits per heavy atom. The highest BCUT2D eigenvalue weighted by molar-refractivity contribution is 9.10. The van der Waals surface area contributed by atoms with Crippen LogP contribution in [0.2, 0.25) is 0 Å². The Morgan fingerprint density at radius 1 is 1.04 bits per heavy atom. The van der Waals surface area contributed by atoms with Gasteiger partial charge in [0.2, 0.25) is 0 Å². The molecule has 0 saturated carbocycles. The number of nitrogens with zero attached hydrogens (tertiary/aromatic N) is 3. The third-order valence-corrected chi connectivity index (χ3v) is 4.02. The van der Waals surface area contributed by atoms with Gasteiger partial charge in [0, 0.05) is 10.2 Å². The van der Waals surface area contributed by atoms with Gasteiger partial charge in [0.25, 0.3) is 5.91 Å². The first-order valence-electron chi connectivity index (χ1n) is 7.11. The van der Waals surface area contributed by atoms with Crippen molar-refractivity contribution >= 4 is 27.5 Å². The number of hydrogen-bond donors (Lipinski definition) is 1. The molecule has 1 N–H and O–H groups in total. The molecule has 0 aliphatic heterocycles. The van der Waals surface area contributed by atoms with E-state index in [1.54, 1.807) is 4.68 Å². The minimum Gasteiger partial charge on any atom is -0.321 e. The van der Waals surface area contributed by atoms with E-state index in [2.05, 4.69) is 31.6 Å². The van der Waals surface area contributed by atoms with Crippen LogP contribution in [0.25, 0.3) is 5.69 Å². The van der Waals surface area contributed by atoms with Crippen LogP contribution in [0.1, 0.15) is 21.7 Å². The van der Waals surface area contributed by atoms with Crippen molar-refractivity contribution in [3.05, 3.63) is 70.0 Å². The number of benzene rings is 2. The van der Waals surface area contributed by atoms with E-state index < -0.39 is 0 Å². The summed E-state index contributed by atoms with van der Waals surface area (Å²) in [5, 5.41) is 10.9. The number of hydrogen-bond acceptors (Lipinski definition) is 3. The van der Waals surface area contributed by atoms with Crippen LogP contribution in [0.15, 0.2) is 53.0 Å². The Hall–Kier alpha value is -2.47. The summed E-state index contributed by atoms with van der Waals surface area (Å²) in [7, 11) is 0. The molecule has 0 aliphatic rings. The van der Waals surface area contributed by atoms with E-state index in [-0.39, 0.29) is 5.91 Å². The second-order valence-corrected chi connectivity index (χ2v) is 6.15. The van der Waals surface area contributed by atoms with E-state index in [4.69, 9.17) is 0 Å². The Labute approximate surface area is 142 Å². The maximum absolute atomic E-state index is 12.4. The number of amides is 1. The largest absolute Gasteiger partial charge is 0.321 e. The van der Waals surface area contributed by atoms with E-state index in [9.17, 15) is 4.79 Å². The van der Waals surface area contributed by atoms with Crippen LogP contribution >= 0.6 is 15.9 Å². The molecular weight excluding hydrogens is 356 g/mol. The Bertz CT molecular complexity index is 838. The molecule has 0 spiro atoms. The first-order valence-corrected chi connectivity index (χ1v) is 7.90. The summed E-state index contributed by atoms with van der Waals surface area (Å²) in [6.07, 6.45) is 0. The van der Waals surface area contributed by atoms with Crippen LogP contribution in [0.4, 0.5) is 5.69 Å². The predicted octanol–water partition coefficient (Wildman–Crippen LogP) is 3.90. The molecular formula is C17H15BrN4O. The first-order chi connectivity index (χ1) is 11.0. The molecule has 0 fully saturated rings. The van der Waals surface area contributed by atoms with Gasteiger partial charge in [-0.05, 0) is 50.2 Å². The minimum atomic E-state index is -0.269. The molecule has 0 radical (unpaired) electrons. The number of carbonyl (C=O) groups excluding carboxylic acids is 1. The Morgan fingerprint density at radius 3 is 2.35 bits per heavy atom. The topological polar surface area (TPSA) is 59.8 Å². The van der Waals surface area contributed by atoms with Gasteiger partial charge >= 0.3 is 0 Å². The van der Waals surface area contributed by atoms with Gasteiger partial charge in [-0.25, -0.2) is 4.68 Å². The van der Waals surface area contributed by atoms with Crippen molar-refractivity contribution in [3.63, 3.8) is 0 Å². The van der Waals surface area contributed by atoms with Crippen LogP contribution < -0.4 is 5.32 Å².